The summed E-state index contributed by atoms with van der Waals surface area (Å²) in [6.07, 6.45) is 0. The van der Waals surface area contributed by atoms with Crippen LogP contribution in [0.3, 0.4) is 0 Å². The van der Waals surface area contributed by atoms with Gasteiger partial charge in [0.2, 0.25) is 0 Å². The van der Waals surface area contributed by atoms with Crippen LogP contribution in [0, 0.1) is 12.7 Å². The number of aromatic carboxylic acids is 1. The molecule has 1 atom stereocenters. The number of hydrogen-bond donors (Lipinski definition) is 2. The van der Waals surface area contributed by atoms with Gasteiger partial charge in [-0.1, -0.05) is 36.4 Å². The topological polar surface area (TPSA) is 58.6 Å². The van der Waals surface area contributed by atoms with Crippen LogP contribution in [0.1, 0.15) is 40.0 Å². The summed E-state index contributed by atoms with van der Waals surface area (Å²) in [6.45, 7) is 4.34. The first kappa shape index (κ1) is 22.5. The number of ether oxygens (including phenoxy) is 1. The molecular formula is C28H26FNO3. The van der Waals surface area contributed by atoms with Crippen molar-refractivity contribution in [1.29, 1.82) is 0 Å². The van der Waals surface area contributed by atoms with Gasteiger partial charge in [0, 0.05) is 18.7 Å². The lowest BCUT2D eigenvalue weighted by Crippen LogP contribution is -2.18. The number of methoxy groups -OCH3 is 1. The van der Waals surface area contributed by atoms with Crippen LogP contribution in [-0.4, -0.2) is 18.2 Å². The molecule has 4 rings (SSSR count). The van der Waals surface area contributed by atoms with Gasteiger partial charge in [0.1, 0.15) is 11.6 Å². The maximum Gasteiger partial charge on any atom is 0.335 e. The maximum atomic E-state index is 13.8. The molecule has 0 amide bonds. The summed E-state index contributed by atoms with van der Waals surface area (Å²) in [7, 11) is 1.52. The summed E-state index contributed by atoms with van der Waals surface area (Å²) in [5.74, 6) is -0.781. The van der Waals surface area contributed by atoms with Gasteiger partial charge < -0.3 is 15.2 Å². The highest BCUT2D eigenvalue weighted by Gasteiger charge is 2.14. The first-order valence-corrected chi connectivity index (χ1v) is 10.8. The molecule has 4 aromatic rings. The van der Waals surface area contributed by atoms with Gasteiger partial charge in [0.25, 0.3) is 0 Å². The molecule has 0 aliphatic carbocycles. The fourth-order valence-electron chi connectivity index (χ4n) is 4.07. The highest BCUT2D eigenvalue weighted by molar-refractivity contribution is 5.99. The molecule has 0 aliphatic rings. The molecule has 0 aromatic heterocycles. The van der Waals surface area contributed by atoms with Crippen LogP contribution in [0.15, 0.2) is 72.8 Å². The number of halogens is 1. The van der Waals surface area contributed by atoms with Crippen molar-refractivity contribution in [3.05, 3.63) is 101 Å². The zero-order valence-corrected chi connectivity index (χ0v) is 18.9. The summed E-state index contributed by atoms with van der Waals surface area (Å²) >= 11 is 0. The number of benzene rings is 4. The van der Waals surface area contributed by atoms with Crippen LogP contribution in [0.4, 0.5) is 4.39 Å². The molecule has 0 heterocycles. The van der Waals surface area contributed by atoms with E-state index >= 15 is 0 Å². The average molecular weight is 444 g/mol. The number of aryl methyl sites for hydroxylation is 1. The lowest BCUT2D eigenvalue weighted by atomic mass is 9.92. The van der Waals surface area contributed by atoms with E-state index in [0.717, 1.165) is 38.6 Å². The Labute approximate surface area is 192 Å². The van der Waals surface area contributed by atoms with Gasteiger partial charge >= 0.3 is 5.97 Å². The third kappa shape index (κ3) is 4.89. The van der Waals surface area contributed by atoms with Crippen molar-refractivity contribution in [2.24, 2.45) is 0 Å². The monoisotopic (exact) mass is 443 g/mol. The molecule has 168 valence electrons. The molecule has 0 bridgehead atoms. The van der Waals surface area contributed by atoms with Gasteiger partial charge in [0.15, 0.2) is 0 Å². The van der Waals surface area contributed by atoms with Crippen LogP contribution in [0.5, 0.6) is 5.75 Å². The van der Waals surface area contributed by atoms with E-state index in [4.69, 9.17) is 4.74 Å². The minimum Gasteiger partial charge on any atom is -0.497 e. The second-order valence-electron chi connectivity index (χ2n) is 8.23. The van der Waals surface area contributed by atoms with E-state index in [9.17, 15) is 14.3 Å². The third-order valence-corrected chi connectivity index (χ3v) is 5.94. The Morgan fingerprint density at radius 3 is 2.61 bits per heavy atom. The number of rotatable bonds is 7. The first-order chi connectivity index (χ1) is 15.9. The molecule has 4 aromatic carbocycles. The predicted molar refractivity (Wildman–Crippen MR) is 129 cm³/mol. The Morgan fingerprint density at radius 1 is 1.06 bits per heavy atom. The zero-order valence-electron chi connectivity index (χ0n) is 18.9. The van der Waals surface area contributed by atoms with E-state index in [0.29, 0.717) is 17.9 Å². The van der Waals surface area contributed by atoms with Gasteiger partial charge in [-0.05, 0) is 82.8 Å². The molecule has 0 saturated carbocycles. The van der Waals surface area contributed by atoms with Crippen molar-refractivity contribution in [3.63, 3.8) is 0 Å². The summed E-state index contributed by atoms with van der Waals surface area (Å²) in [5.41, 5.74) is 4.72. The zero-order chi connectivity index (χ0) is 23.5. The molecule has 0 saturated heterocycles. The molecule has 0 radical (unpaired) electrons. The molecule has 33 heavy (non-hydrogen) atoms. The van der Waals surface area contributed by atoms with Crippen molar-refractivity contribution >= 4 is 16.7 Å². The molecule has 5 heteroatoms. The Balaban J connectivity index is 1.70. The van der Waals surface area contributed by atoms with Crippen LogP contribution in [-0.2, 0) is 6.54 Å². The molecule has 4 nitrogen and oxygen atoms in total. The molecule has 0 aliphatic heterocycles. The summed E-state index contributed by atoms with van der Waals surface area (Å²) in [6, 6.07) is 22.5. The number of hydrogen-bond acceptors (Lipinski definition) is 3. The minimum absolute atomic E-state index is 0.0213. The predicted octanol–water partition coefficient (Wildman–Crippen LogP) is 6.51. The standard InChI is InChI=1S/C28H26FNO3/c1-17-8-9-21(13-26(17)28(31)32)27-14-22(12-20-6-4-5-7-25(20)27)18(2)30-16-19-10-23(29)15-24(11-19)33-3/h4-15,18,30H,16H2,1-3H3,(H,31,32). The van der Waals surface area contributed by atoms with Gasteiger partial charge in [-0.15, -0.1) is 0 Å². The highest BCUT2D eigenvalue weighted by Crippen LogP contribution is 2.33. The van der Waals surface area contributed by atoms with Crippen LogP contribution in [0.25, 0.3) is 21.9 Å². The smallest absolute Gasteiger partial charge is 0.335 e. The van der Waals surface area contributed by atoms with Gasteiger partial charge in [0.05, 0.1) is 12.7 Å². The lowest BCUT2D eigenvalue weighted by molar-refractivity contribution is 0.0696. The van der Waals surface area contributed by atoms with E-state index in [1.807, 2.05) is 36.4 Å². The number of nitrogens with one attached hydrogen (secondary N) is 1. The molecule has 0 fully saturated rings. The number of carbonyl (C=O) groups is 1. The number of carboxylic acid groups (broad SMARTS) is 1. The van der Waals surface area contributed by atoms with Crippen LogP contribution in [0.2, 0.25) is 0 Å². The van der Waals surface area contributed by atoms with E-state index in [1.54, 1.807) is 13.0 Å². The Hall–Kier alpha value is -3.70. The normalized spacial score (nSPS) is 12.0. The highest BCUT2D eigenvalue weighted by atomic mass is 19.1. The SMILES string of the molecule is COc1cc(F)cc(CNC(C)c2cc(-c3ccc(C)c(C(=O)O)c3)c3ccccc3c2)c1. The summed E-state index contributed by atoms with van der Waals surface area (Å²) < 4.78 is 19.0. The van der Waals surface area contributed by atoms with Crippen LogP contribution >= 0.6 is 0 Å². The number of fused-ring (bicyclic) bond motifs is 1. The lowest BCUT2D eigenvalue weighted by Gasteiger charge is -2.18. The Morgan fingerprint density at radius 2 is 1.85 bits per heavy atom. The van der Waals surface area contributed by atoms with Crippen molar-refractivity contribution in [2.45, 2.75) is 26.4 Å². The fraction of sp³-hybridized carbons (Fsp3) is 0.179. The summed E-state index contributed by atoms with van der Waals surface area (Å²) in [4.78, 5) is 11.7. The second-order valence-corrected chi connectivity index (χ2v) is 8.23. The van der Waals surface area contributed by atoms with Gasteiger partial charge in [-0.25, -0.2) is 9.18 Å². The molecular weight excluding hydrogens is 417 g/mol. The largest absolute Gasteiger partial charge is 0.497 e. The summed E-state index contributed by atoms with van der Waals surface area (Å²) in [5, 5.41) is 15.2. The Kier molecular flexibility index (Phi) is 6.43. The van der Waals surface area contributed by atoms with E-state index in [-0.39, 0.29) is 11.9 Å². The van der Waals surface area contributed by atoms with E-state index in [1.165, 1.54) is 19.2 Å². The Bertz CT molecular complexity index is 1330. The molecule has 0 spiro atoms. The molecule has 1 unspecified atom stereocenters. The molecule has 2 N–H and O–H groups in total. The second kappa shape index (κ2) is 9.43. The van der Waals surface area contributed by atoms with Crippen molar-refractivity contribution in [3.8, 4) is 16.9 Å². The fourth-order valence-corrected chi connectivity index (χ4v) is 4.07. The van der Waals surface area contributed by atoms with Crippen molar-refractivity contribution in [1.82, 2.24) is 5.32 Å². The van der Waals surface area contributed by atoms with E-state index < -0.39 is 5.97 Å². The third-order valence-electron chi connectivity index (χ3n) is 5.94. The van der Waals surface area contributed by atoms with E-state index in [2.05, 4.69) is 30.4 Å². The number of carboxylic acids is 1. The average Bonchev–Trinajstić information content (AvgIpc) is 2.81. The van der Waals surface area contributed by atoms with Crippen LogP contribution < -0.4 is 10.1 Å². The van der Waals surface area contributed by atoms with Gasteiger partial charge in [-0.2, -0.15) is 0 Å². The minimum atomic E-state index is -0.935. The first-order valence-electron chi connectivity index (χ1n) is 10.8. The quantitative estimate of drug-likeness (QED) is 0.342. The van der Waals surface area contributed by atoms with Gasteiger partial charge in [-0.3, -0.25) is 0 Å². The maximum absolute atomic E-state index is 13.8. The van der Waals surface area contributed by atoms with Crippen molar-refractivity contribution in [2.75, 3.05) is 7.11 Å². The van der Waals surface area contributed by atoms with Crippen molar-refractivity contribution < 1.29 is 19.0 Å².